The van der Waals surface area contributed by atoms with E-state index in [1.807, 2.05) is 0 Å². The topological polar surface area (TPSA) is 62.5 Å². The molecule has 0 aromatic carbocycles. The predicted molar refractivity (Wildman–Crippen MR) is 48.5 cm³/mol. The summed E-state index contributed by atoms with van der Waals surface area (Å²) in [6, 6.07) is 2.23. The largest absolute Gasteiger partial charge is 0.386 e. The van der Waals surface area contributed by atoms with Crippen molar-refractivity contribution in [2.45, 2.75) is 24.9 Å². The van der Waals surface area contributed by atoms with Crippen molar-refractivity contribution in [3.8, 4) is 6.07 Å². The van der Waals surface area contributed by atoms with Gasteiger partial charge in [-0.05, 0) is 19.3 Å². The zero-order valence-corrected chi connectivity index (χ0v) is 8.16. The van der Waals surface area contributed by atoms with Crippen LogP contribution in [0.1, 0.15) is 19.3 Å². The van der Waals surface area contributed by atoms with Crippen LogP contribution in [0, 0.1) is 16.7 Å². The van der Waals surface area contributed by atoms with Crippen LogP contribution in [-0.4, -0.2) is 37.1 Å². The summed E-state index contributed by atoms with van der Waals surface area (Å²) in [4.78, 5) is 0. The number of rotatable bonds is 1. The average Bonchev–Trinajstić information content (AvgIpc) is 2.68. The number of ether oxygens (including phenoxy) is 2. The molecule has 2 aliphatic heterocycles. The molecule has 0 bridgehead atoms. The maximum atomic E-state index is 10.4. The van der Waals surface area contributed by atoms with Gasteiger partial charge in [0, 0.05) is 13.2 Å². The van der Waals surface area contributed by atoms with Crippen molar-refractivity contribution in [3.63, 3.8) is 0 Å². The lowest BCUT2D eigenvalue weighted by Crippen LogP contribution is -2.53. The Morgan fingerprint density at radius 3 is 2.43 bits per heavy atom. The molecule has 2 rings (SSSR count). The monoisotopic (exact) mass is 197 g/mol. The molecule has 4 heteroatoms. The molecule has 4 nitrogen and oxygen atoms in total. The van der Waals surface area contributed by atoms with Gasteiger partial charge in [0.2, 0.25) is 0 Å². The minimum absolute atomic E-state index is 0.268. The molecule has 2 aliphatic rings. The SMILES string of the molecule is N#CC1(C2(O)CCCOC2)CCOC1. The van der Waals surface area contributed by atoms with Crippen molar-refractivity contribution in [1.29, 1.82) is 5.26 Å². The van der Waals surface area contributed by atoms with E-state index in [0.29, 0.717) is 32.7 Å². The molecular formula is C10H15NO3. The molecular weight excluding hydrogens is 182 g/mol. The summed E-state index contributed by atoms with van der Waals surface area (Å²) in [5.41, 5.74) is -1.75. The first-order valence-corrected chi connectivity index (χ1v) is 5.02. The molecule has 14 heavy (non-hydrogen) atoms. The molecule has 0 radical (unpaired) electrons. The van der Waals surface area contributed by atoms with Crippen molar-refractivity contribution >= 4 is 0 Å². The standard InChI is InChI=1S/C10H15NO3/c11-6-9(3-5-14-7-9)10(12)2-1-4-13-8-10/h12H,1-5,7-8H2. The Morgan fingerprint density at radius 2 is 1.93 bits per heavy atom. The Morgan fingerprint density at radius 1 is 1.14 bits per heavy atom. The molecule has 2 heterocycles. The second-order valence-corrected chi connectivity index (χ2v) is 4.18. The van der Waals surface area contributed by atoms with E-state index in [0.717, 1.165) is 6.42 Å². The molecule has 0 amide bonds. The van der Waals surface area contributed by atoms with Gasteiger partial charge in [-0.1, -0.05) is 0 Å². The van der Waals surface area contributed by atoms with Gasteiger partial charge < -0.3 is 14.6 Å². The highest BCUT2D eigenvalue weighted by molar-refractivity contribution is 5.14. The lowest BCUT2D eigenvalue weighted by molar-refractivity contribution is -0.142. The summed E-state index contributed by atoms with van der Waals surface area (Å²) in [6.45, 7) is 1.85. The number of aliphatic hydroxyl groups is 1. The molecule has 0 aliphatic carbocycles. The van der Waals surface area contributed by atoms with Crippen LogP contribution in [0.3, 0.4) is 0 Å². The molecule has 0 spiro atoms. The smallest absolute Gasteiger partial charge is 0.114 e. The maximum Gasteiger partial charge on any atom is 0.114 e. The third-order valence-corrected chi connectivity index (χ3v) is 3.35. The van der Waals surface area contributed by atoms with Gasteiger partial charge in [0.15, 0.2) is 0 Å². The second-order valence-electron chi connectivity index (χ2n) is 4.18. The Hall–Kier alpha value is -0.630. The number of nitrogens with zero attached hydrogens (tertiary/aromatic N) is 1. The molecule has 0 saturated carbocycles. The molecule has 78 valence electrons. The summed E-state index contributed by atoms with van der Waals surface area (Å²) in [5, 5.41) is 19.6. The summed E-state index contributed by atoms with van der Waals surface area (Å²) in [6.07, 6.45) is 2.08. The minimum atomic E-state index is -1.00. The lowest BCUT2D eigenvalue weighted by Gasteiger charge is -2.41. The fourth-order valence-corrected chi connectivity index (χ4v) is 2.28. The first kappa shape index (κ1) is 9.91. The summed E-state index contributed by atoms with van der Waals surface area (Å²) in [5.74, 6) is 0. The van der Waals surface area contributed by atoms with Crippen molar-refractivity contribution in [2.24, 2.45) is 5.41 Å². The summed E-state index contributed by atoms with van der Waals surface area (Å²) < 4.78 is 10.5. The minimum Gasteiger partial charge on any atom is -0.386 e. The normalized spacial score (nSPS) is 43.4. The van der Waals surface area contributed by atoms with Gasteiger partial charge in [0.1, 0.15) is 11.0 Å². The lowest BCUT2D eigenvalue weighted by atomic mass is 9.69. The fourth-order valence-electron chi connectivity index (χ4n) is 2.28. The van der Waals surface area contributed by atoms with Crippen molar-refractivity contribution in [3.05, 3.63) is 0 Å². The molecule has 2 fully saturated rings. The van der Waals surface area contributed by atoms with Crippen LogP contribution >= 0.6 is 0 Å². The number of hydrogen-bond donors (Lipinski definition) is 1. The van der Waals surface area contributed by atoms with E-state index in [2.05, 4.69) is 6.07 Å². The van der Waals surface area contributed by atoms with Gasteiger partial charge in [-0.3, -0.25) is 0 Å². The molecule has 2 saturated heterocycles. The highest BCUT2D eigenvalue weighted by Crippen LogP contribution is 2.43. The van der Waals surface area contributed by atoms with Gasteiger partial charge in [0.05, 0.1) is 19.3 Å². The number of hydrogen-bond acceptors (Lipinski definition) is 4. The summed E-state index contributed by atoms with van der Waals surface area (Å²) >= 11 is 0. The van der Waals surface area contributed by atoms with Crippen molar-refractivity contribution in [1.82, 2.24) is 0 Å². The molecule has 0 aromatic rings. The Bertz CT molecular complexity index is 247. The Kier molecular flexibility index (Phi) is 2.48. The van der Waals surface area contributed by atoms with Crippen LogP contribution in [0.5, 0.6) is 0 Å². The number of nitriles is 1. The van der Waals surface area contributed by atoms with E-state index in [4.69, 9.17) is 9.47 Å². The third kappa shape index (κ3) is 1.33. The van der Waals surface area contributed by atoms with Gasteiger partial charge >= 0.3 is 0 Å². The zero-order valence-electron chi connectivity index (χ0n) is 8.16. The Balaban J connectivity index is 2.21. The fraction of sp³-hybridized carbons (Fsp3) is 0.900. The quantitative estimate of drug-likeness (QED) is 0.663. The molecule has 1 N–H and O–H groups in total. The van der Waals surface area contributed by atoms with Gasteiger partial charge in [-0.25, -0.2) is 0 Å². The van der Waals surface area contributed by atoms with Crippen molar-refractivity contribution < 1.29 is 14.6 Å². The highest BCUT2D eigenvalue weighted by atomic mass is 16.5. The first-order chi connectivity index (χ1) is 6.72. The summed E-state index contributed by atoms with van der Waals surface area (Å²) in [7, 11) is 0. The maximum absolute atomic E-state index is 10.4. The average molecular weight is 197 g/mol. The highest BCUT2D eigenvalue weighted by Gasteiger charge is 2.54. The van der Waals surface area contributed by atoms with Crippen LogP contribution in [0.25, 0.3) is 0 Å². The van der Waals surface area contributed by atoms with E-state index in [1.54, 1.807) is 0 Å². The van der Waals surface area contributed by atoms with Crippen LogP contribution < -0.4 is 0 Å². The van der Waals surface area contributed by atoms with E-state index in [1.165, 1.54) is 0 Å². The predicted octanol–water partition coefficient (Wildman–Crippen LogP) is 0.458. The zero-order chi connectivity index (χ0) is 10.1. The van der Waals surface area contributed by atoms with Crippen molar-refractivity contribution in [2.75, 3.05) is 26.4 Å². The first-order valence-electron chi connectivity index (χ1n) is 5.02. The van der Waals surface area contributed by atoms with Crippen LogP contribution in [0.4, 0.5) is 0 Å². The third-order valence-electron chi connectivity index (χ3n) is 3.35. The molecule has 0 aromatic heterocycles. The van der Waals surface area contributed by atoms with E-state index in [9.17, 15) is 10.4 Å². The molecule has 2 atom stereocenters. The van der Waals surface area contributed by atoms with Crippen LogP contribution in [0.2, 0.25) is 0 Å². The van der Waals surface area contributed by atoms with Gasteiger partial charge in [-0.2, -0.15) is 5.26 Å². The van der Waals surface area contributed by atoms with E-state index in [-0.39, 0.29) is 6.61 Å². The molecule has 2 unspecified atom stereocenters. The Labute approximate surface area is 83.4 Å². The van der Waals surface area contributed by atoms with Gasteiger partial charge in [-0.15, -0.1) is 0 Å². The second kappa shape index (κ2) is 3.50. The van der Waals surface area contributed by atoms with E-state index >= 15 is 0 Å². The van der Waals surface area contributed by atoms with Crippen LogP contribution in [0.15, 0.2) is 0 Å². The van der Waals surface area contributed by atoms with E-state index < -0.39 is 11.0 Å². The van der Waals surface area contributed by atoms with Gasteiger partial charge in [0.25, 0.3) is 0 Å². The van der Waals surface area contributed by atoms with Crippen LogP contribution in [-0.2, 0) is 9.47 Å².